The summed E-state index contributed by atoms with van der Waals surface area (Å²) >= 11 is 0. The van der Waals surface area contributed by atoms with Crippen molar-refractivity contribution in [3.63, 3.8) is 0 Å². The van der Waals surface area contributed by atoms with Gasteiger partial charge in [-0.3, -0.25) is 4.90 Å². The standard InChI is InChI=1S/C18H25N5O2/c1-5-11-19-16(24)22-13-9-7-8-10-14(13)23-15(22)20-18(3,4)21(12-6-2)17(23)25/h7-10H,5-6,11-12H2,1-4H3,(H,19,24). The molecule has 0 bridgehead atoms. The minimum absolute atomic E-state index is 0.143. The van der Waals surface area contributed by atoms with Crippen molar-refractivity contribution in [3.05, 3.63) is 24.3 Å². The number of fused-ring (bicyclic) bond motifs is 3. The van der Waals surface area contributed by atoms with Crippen LogP contribution in [0.2, 0.25) is 0 Å². The minimum Gasteiger partial charge on any atom is -0.337 e. The van der Waals surface area contributed by atoms with E-state index >= 15 is 0 Å². The summed E-state index contributed by atoms with van der Waals surface area (Å²) in [4.78, 5) is 35.5. The van der Waals surface area contributed by atoms with E-state index in [4.69, 9.17) is 4.99 Å². The summed E-state index contributed by atoms with van der Waals surface area (Å²) in [5.41, 5.74) is 0.663. The number of para-hydroxylation sites is 2. The molecule has 0 fully saturated rings. The van der Waals surface area contributed by atoms with Crippen molar-refractivity contribution in [1.29, 1.82) is 0 Å². The molecule has 2 aliphatic heterocycles. The fourth-order valence-electron chi connectivity index (χ4n) is 3.21. The van der Waals surface area contributed by atoms with Gasteiger partial charge in [0, 0.05) is 13.1 Å². The summed E-state index contributed by atoms with van der Waals surface area (Å²) < 4.78 is 0. The quantitative estimate of drug-likeness (QED) is 0.911. The minimum atomic E-state index is -0.704. The predicted molar refractivity (Wildman–Crippen MR) is 99.0 cm³/mol. The summed E-state index contributed by atoms with van der Waals surface area (Å²) in [6, 6.07) is 7.00. The maximum Gasteiger partial charge on any atom is 0.333 e. The lowest BCUT2D eigenvalue weighted by molar-refractivity contribution is 0.142. The van der Waals surface area contributed by atoms with E-state index in [1.165, 1.54) is 4.90 Å². The second kappa shape index (κ2) is 6.38. The van der Waals surface area contributed by atoms with Crippen LogP contribution in [0.4, 0.5) is 21.0 Å². The number of aliphatic imine (C=N–C) groups is 1. The van der Waals surface area contributed by atoms with Gasteiger partial charge < -0.3 is 5.32 Å². The number of anilines is 2. The van der Waals surface area contributed by atoms with Crippen molar-refractivity contribution < 1.29 is 9.59 Å². The van der Waals surface area contributed by atoms with Crippen LogP contribution in [0.3, 0.4) is 0 Å². The van der Waals surface area contributed by atoms with Crippen LogP contribution in [-0.2, 0) is 0 Å². The van der Waals surface area contributed by atoms with E-state index in [0.29, 0.717) is 30.4 Å². The van der Waals surface area contributed by atoms with Crippen LogP contribution in [0.5, 0.6) is 0 Å². The lowest BCUT2D eigenvalue weighted by atomic mass is 10.2. The smallest absolute Gasteiger partial charge is 0.333 e. The third-order valence-corrected chi connectivity index (χ3v) is 4.40. The summed E-state index contributed by atoms with van der Waals surface area (Å²) in [6.07, 6.45) is 1.68. The first-order valence-corrected chi connectivity index (χ1v) is 8.81. The van der Waals surface area contributed by atoms with Crippen molar-refractivity contribution in [2.45, 2.75) is 46.2 Å². The van der Waals surface area contributed by atoms with Gasteiger partial charge in [0.05, 0.1) is 11.4 Å². The molecule has 0 saturated heterocycles. The van der Waals surface area contributed by atoms with E-state index in [1.807, 2.05) is 52.0 Å². The Kier molecular flexibility index (Phi) is 4.41. The van der Waals surface area contributed by atoms with Crippen molar-refractivity contribution in [2.24, 2.45) is 4.99 Å². The molecule has 2 aliphatic rings. The number of benzene rings is 1. The molecule has 0 unspecified atom stereocenters. The summed E-state index contributed by atoms with van der Waals surface area (Å²) in [7, 11) is 0. The number of hydrogen-bond acceptors (Lipinski definition) is 3. The molecule has 1 aromatic carbocycles. The lowest BCUT2D eigenvalue weighted by Gasteiger charge is -2.42. The number of guanidine groups is 1. The maximum atomic E-state index is 13.2. The molecular formula is C18H25N5O2. The maximum absolute atomic E-state index is 13.2. The number of hydrogen-bond donors (Lipinski definition) is 1. The van der Waals surface area contributed by atoms with Gasteiger partial charge in [-0.2, -0.15) is 0 Å². The Bertz CT molecular complexity index is 713. The number of urea groups is 2. The van der Waals surface area contributed by atoms with Crippen LogP contribution in [0, 0.1) is 0 Å². The van der Waals surface area contributed by atoms with Gasteiger partial charge in [0.25, 0.3) is 0 Å². The highest BCUT2D eigenvalue weighted by atomic mass is 16.2. The Morgan fingerprint density at radius 1 is 1.16 bits per heavy atom. The van der Waals surface area contributed by atoms with Gasteiger partial charge in [0.1, 0.15) is 5.66 Å². The monoisotopic (exact) mass is 343 g/mol. The van der Waals surface area contributed by atoms with E-state index in [1.54, 1.807) is 9.80 Å². The first-order valence-electron chi connectivity index (χ1n) is 8.81. The highest BCUT2D eigenvalue weighted by molar-refractivity contribution is 6.35. The molecule has 3 rings (SSSR count). The molecule has 0 aliphatic carbocycles. The Hall–Kier alpha value is -2.57. The Labute approximate surface area is 148 Å². The summed E-state index contributed by atoms with van der Waals surface area (Å²) in [6.45, 7) is 9.02. The van der Waals surface area contributed by atoms with Crippen LogP contribution in [0.15, 0.2) is 29.3 Å². The molecule has 0 atom stereocenters. The van der Waals surface area contributed by atoms with Crippen LogP contribution >= 0.6 is 0 Å². The lowest BCUT2D eigenvalue weighted by Crippen LogP contribution is -2.62. The second-order valence-corrected chi connectivity index (χ2v) is 6.73. The van der Waals surface area contributed by atoms with Crippen molar-refractivity contribution in [2.75, 3.05) is 22.9 Å². The number of carbonyl (C=O) groups excluding carboxylic acids is 2. The number of amides is 4. The van der Waals surface area contributed by atoms with E-state index < -0.39 is 5.66 Å². The molecule has 7 heteroatoms. The van der Waals surface area contributed by atoms with Crippen molar-refractivity contribution in [3.8, 4) is 0 Å². The molecule has 0 saturated carbocycles. The van der Waals surface area contributed by atoms with Gasteiger partial charge >= 0.3 is 12.1 Å². The normalized spacial score (nSPS) is 18.0. The Balaban J connectivity index is 2.10. The fourth-order valence-corrected chi connectivity index (χ4v) is 3.21. The molecule has 25 heavy (non-hydrogen) atoms. The van der Waals surface area contributed by atoms with Gasteiger partial charge in [-0.05, 0) is 38.8 Å². The third kappa shape index (κ3) is 2.73. The van der Waals surface area contributed by atoms with Gasteiger partial charge in [0.15, 0.2) is 0 Å². The highest BCUT2D eigenvalue weighted by Crippen LogP contribution is 2.41. The molecular weight excluding hydrogens is 318 g/mol. The molecule has 0 spiro atoms. The summed E-state index contributed by atoms with van der Waals surface area (Å²) in [5.74, 6) is 0.372. The highest BCUT2D eigenvalue weighted by Gasteiger charge is 2.48. The number of nitrogens with zero attached hydrogens (tertiary/aromatic N) is 4. The molecule has 4 amide bonds. The van der Waals surface area contributed by atoms with Gasteiger partial charge in [0.2, 0.25) is 5.96 Å². The molecule has 7 nitrogen and oxygen atoms in total. The van der Waals surface area contributed by atoms with Crippen LogP contribution in [-0.4, -0.2) is 41.7 Å². The molecule has 2 heterocycles. The SMILES string of the molecule is CCCNC(=O)N1C2=NC(C)(C)N(CCC)C(=O)N2c2ccccc21. The Morgan fingerprint density at radius 3 is 2.48 bits per heavy atom. The second-order valence-electron chi connectivity index (χ2n) is 6.73. The van der Waals surface area contributed by atoms with E-state index in [9.17, 15) is 9.59 Å². The number of carbonyl (C=O) groups is 2. The molecule has 1 N–H and O–H groups in total. The zero-order valence-corrected chi connectivity index (χ0v) is 15.2. The molecule has 1 aromatic rings. The van der Waals surface area contributed by atoms with Gasteiger partial charge in [-0.25, -0.2) is 24.4 Å². The molecule has 134 valence electrons. The zero-order valence-electron chi connectivity index (χ0n) is 15.2. The van der Waals surface area contributed by atoms with Gasteiger partial charge in [-0.15, -0.1) is 0 Å². The van der Waals surface area contributed by atoms with E-state index in [0.717, 1.165) is 12.8 Å². The zero-order chi connectivity index (χ0) is 18.2. The first-order chi connectivity index (χ1) is 11.9. The Morgan fingerprint density at radius 2 is 1.84 bits per heavy atom. The third-order valence-electron chi connectivity index (χ3n) is 4.40. The van der Waals surface area contributed by atoms with E-state index in [2.05, 4.69) is 5.32 Å². The predicted octanol–water partition coefficient (Wildman–Crippen LogP) is 3.37. The summed E-state index contributed by atoms with van der Waals surface area (Å²) in [5, 5.41) is 2.88. The first kappa shape index (κ1) is 17.3. The van der Waals surface area contributed by atoms with Crippen LogP contribution in [0.1, 0.15) is 40.5 Å². The van der Waals surface area contributed by atoms with Crippen LogP contribution in [0.25, 0.3) is 0 Å². The molecule has 0 aromatic heterocycles. The largest absolute Gasteiger partial charge is 0.337 e. The fraction of sp³-hybridized carbons (Fsp3) is 0.500. The van der Waals surface area contributed by atoms with Crippen LogP contribution < -0.4 is 15.1 Å². The average molecular weight is 343 g/mol. The molecule has 0 radical (unpaired) electrons. The van der Waals surface area contributed by atoms with Gasteiger partial charge in [-0.1, -0.05) is 26.0 Å². The topological polar surface area (TPSA) is 68.2 Å². The number of rotatable bonds is 4. The van der Waals surface area contributed by atoms with Crippen molar-refractivity contribution >= 4 is 29.4 Å². The number of nitrogens with one attached hydrogen (secondary N) is 1. The average Bonchev–Trinajstić information content (AvgIpc) is 2.89. The van der Waals surface area contributed by atoms with Crippen molar-refractivity contribution in [1.82, 2.24) is 10.2 Å². The van der Waals surface area contributed by atoms with E-state index in [-0.39, 0.29) is 12.1 Å².